The highest BCUT2D eigenvalue weighted by Crippen LogP contribution is 2.30. The quantitative estimate of drug-likeness (QED) is 0.480. The first kappa shape index (κ1) is 23.9. The van der Waals surface area contributed by atoms with E-state index in [-0.39, 0.29) is 27.6 Å². The number of hydrogen-bond donors (Lipinski definition) is 2. The fraction of sp³-hybridized carbons (Fsp3) is 0.174. The minimum atomic E-state index is -4.08. The van der Waals surface area contributed by atoms with Crippen LogP contribution < -0.4 is 24.2 Å². The standard InChI is InChI=1S/C23H23FN2O6S/c1-4-32-17-8-5-15(6-9-17)26-33(28,29)22-13-16(7-12-21(22)31-3)25-23(27)19-11-10-18(30-2)14-20(19)24/h5-14,26H,4H2,1-3H3,(H,25,27). The van der Waals surface area contributed by atoms with Crippen LogP contribution in [-0.4, -0.2) is 35.2 Å². The Kier molecular flexibility index (Phi) is 7.39. The highest BCUT2D eigenvalue weighted by molar-refractivity contribution is 7.92. The van der Waals surface area contributed by atoms with Crippen LogP contribution in [0.25, 0.3) is 0 Å². The highest BCUT2D eigenvalue weighted by Gasteiger charge is 2.22. The normalized spacial score (nSPS) is 10.9. The van der Waals surface area contributed by atoms with Crippen molar-refractivity contribution in [3.63, 3.8) is 0 Å². The first-order valence-electron chi connectivity index (χ1n) is 9.86. The zero-order valence-corrected chi connectivity index (χ0v) is 19.0. The van der Waals surface area contributed by atoms with Gasteiger partial charge >= 0.3 is 0 Å². The summed E-state index contributed by atoms with van der Waals surface area (Å²) in [5, 5.41) is 2.50. The van der Waals surface area contributed by atoms with E-state index in [9.17, 15) is 17.6 Å². The summed E-state index contributed by atoms with van der Waals surface area (Å²) in [6, 6.07) is 14.3. The SMILES string of the molecule is CCOc1ccc(NS(=O)(=O)c2cc(NC(=O)c3ccc(OC)cc3F)ccc2OC)cc1. The molecule has 3 rings (SSSR count). The molecule has 0 aliphatic rings. The molecule has 174 valence electrons. The molecule has 3 aromatic carbocycles. The number of nitrogens with one attached hydrogen (secondary N) is 2. The number of ether oxygens (including phenoxy) is 3. The first-order valence-corrected chi connectivity index (χ1v) is 11.3. The van der Waals surface area contributed by atoms with E-state index in [1.165, 1.54) is 44.6 Å². The Bertz CT molecular complexity index is 1250. The summed E-state index contributed by atoms with van der Waals surface area (Å²) < 4.78 is 58.2. The molecular formula is C23H23FN2O6S. The molecule has 2 N–H and O–H groups in total. The van der Waals surface area contributed by atoms with Crippen molar-refractivity contribution < 1.29 is 31.8 Å². The zero-order chi connectivity index (χ0) is 24.0. The molecule has 0 saturated carbocycles. The van der Waals surface area contributed by atoms with Crippen molar-refractivity contribution >= 4 is 27.3 Å². The van der Waals surface area contributed by atoms with E-state index >= 15 is 0 Å². The maximum absolute atomic E-state index is 14.2. The third kappa shape index (κ3) is 5.72. The number of sulfonamides is 1. The lowest BCUT2D eigenvalue weighted by Crippen LogP contribution is -2.16. The van der Waals surface area contributed by atoms with Crippen LogP contribution in [-0.2, 0) is 10.0 Å². The van der Waals surface area contributed by atoms with Crippen LogP contribution in [0.3, 0.4) is 0 Å². The van der Waals surface area contributed by atoms with E-state index in [0.29, 0.717) is 18.0 Å². The molecule has 0 fully saturated rings. The Hall–Kier alpha value is -3.79. The van der Waals surface area contributed by atoms with Crippen LogP contribution in [0.4, 0.5) is 15.8 Å². The number of anilines is 2. The Labute approximate surface area is 191 Å². The molecule has 0 heterocycles. The van der Waals surface area contributed by atoms with Crippen molar-refractivity contribution in [1.82, 2.24) is 0 Å². The average Bonchev–Trinajstić information content (AvgIpc) is 2.80. The van der Waals surface area contributed by atoms with Gasteiger partial charge in [-0.15, -0.1) is 0 Å². The maximum Gasteiger partial charge on any atom is 0.265 e. The Morgan fingerprint density at radius 1 is 0.909 bits per heavy atom. The molecule has 0 unspecified atom stereocenters. The van der Waals surface area contributed by atoms with Crippen molar-refractivity contribution in [2.75, 3.05) is 30.9 Å². The van der Waals surface area contributed by atoms with E-state index in [0.717, 1.165) is 6.07 Å². The van der Waals surface area contributed by atoms with Crippen LogP contribution in [0, 0.1) is 5.82 Å². The molecule has 0 aromatic heterocycles. The van der Waals surface area contributed by atoms with E-state index < -0.39 is 21.7 Å². The molecule has 3 aromatic rings. The monoisotopic (exact) mass is 474 g/mol. The predicted molar refractivity (Wildman–Crippen MR) is 122 cm³/mol. The number of hydrogen-bond acceptors (Lipinski definition) is 6. The summed E-state index contributed by atoms with van der Waals surface area (Å²) in [4.78, 5) is 12.3. The summed E-state index contributed by atoms with van der Waals surface area (Å²) in [6.07, 6.45) is 0. The molecular weight excluding hydrogens is 451 g/mol. The summed E-state index contributed by atoms with van der Waals surface area (Å²) in [7, 11) is -1.37. The summed E-state index contributed by atoms with van der Waals surface area (Å²) >= 11 is 0. The Morgan fingerprint density at radius 2 is 1.58 bits per heavy atom. The summed E-state index contributed by atoms with van der Waals surface area (Å²) in [6.45, 7) is 2.33. The van der Waals surface area contributed by atoms with Crippen LogP contribution in [0.15, 0.2) is 65.6 Å². The van der Waals surface area contributed by atoms with Gasteiger partial charge in [0, 0.05) is 17.4 Å². The maximum atomic E-state index is 14.2. The van der Waals surface area contributed by atoms with E-state index in [1.54, 1.807) is 24.3 Å². The number of halogens is 1. The fourth-order valence-electron chi connectivity index (χ4n) is 2.97. The van der Waals surface area contributed by atoms with Gasteiger partial charge in [-0.1, -0.05) is 0 Å². The molecule has 10 heteroatoms. The summed E-state index contributed by atoms with van der Waals surface area (Å²) in [5.74, 6) is -0.577. The molecule has 0 bridgehead atoms. The largest absolute Gasteiger partial charge is 0.497 e. The van der Waals surface area contributed by atoms with Gasteiger partial charge in [0.25, 0.3) is 15.9 Å². The molecule has 0 spiro atoms. The molecule has 0 atom stereocenters. The van der Waals surface area contributed by atoms with Gasteiger partial charge in [-0.3, -0.25) is 9.52 Å². The minimum Gasteiger partial charge on any atom is -0.497 e. The Morgan fingerprint density at radius 3 is 2.18 bits per heavy atom. The van der Waals surface area contributed by atoms with Gasteiger partial charge < -0.3 is 19.5 Å². The number of rotatable bonds is 9. The third-order valence-corrected chi connectivity index (χ3v) is 5.95. The molecule has 8 nitrogen and oxygen atoms in total. The molecule has 0 aliphatic carbocycles. The first-order chi connectivity index (χ1) is 15.8. The van der Waals surface area contributed by atoms with Crippen molar-refractivity contribution in [2.24, 2.45) is 0 Å². The second kappa shape index (κ2) is 10.2. The van der Waals surface area contributed by atoms with Gasteiger partial charge in [-0.25, -0.2) is 12.8 Å². The smallest absolute Gasteiger partial charge is 0.265 e. The minimum absolute atomic E-state index is 0.0714. The lowest BCUT2D eigenvalue weighted by atomic mass is 10.2. The van der Waals surface area contributed by atoms with Crippen molar-refractivity contribution in [2.45, 2.75) is 11.8 Å². The second-order valence-corrected chi connectivity index (χ2v) is 8.38. The van der Waals surface area contributed by atoms with Crippen LogP contribution in [0.5, 0.6) is 17.2 Å². The van der Waals surface area contributed by atoms with Crippen molar-refractivity contribution in [3.05, 3.63) is 72.0 Å². The lowest BCUT2D eigenvalue weighted by molar-refractivity contribution is 0.102. The van der Waals surface area contributed by atoms with Gasteiger partial charge in [-0.05, 0) is 61.5 Å². The van der Waals surface area contributed by atoms with E-state index in [2.05, 4.69) is 10.0 Å². The lowest BCUT2D eigenvalue weighted by Gasteiger charge is -2.14. The van der Waals surface area contributed by atoms with E-state index in [1.807, 2.05) is 6.92 Å². The van der Waals surface area contributed by atoms with Crippen LogP contribution >= 0.6 is 0 Å². The van der Waals surface area contributed by atoms with Gasteiger partial charge in [0.05, 0.1) is 26.4 Å². The second-order valence-electron chi connectivity index (χ2n) is 6.73. The van der Waals surface area contributed by atoms with Gasteiger partial charge in [0.1, 0.15) is 28.0 Å². The number of amides is 1. The van der Waals surface area contributed by atoms with Crippen LogP contribution in [0.2, 0.25) is 0 Å². The molecule has 0 radical (unpaired) electrons. The number of carbonyl (C=O) groups is 1. The molecule has 1 amide bonds. The zero-order valence-electron chi connectivity index (χ0n) is 18.2. The fourth-order valence-corrected chi connectivity index (χ4v) is 4.22. The predicted octanol–water partition coefficient (Wildman–Crippen LogP) is 4.29. The van der Waals surface area contributed by atoms with Gasteiger partial charge in [0.2, 0.25) is 0 Å². The molecule has 0 aliphatic heterocycles. The van der Waals surface area contributed by atoms with Crippen LogP contribution in [0.1, 0.15) is 17.3 Å². The molecule has 0 saturated heterocycles. The topological polar surface area (TPSA) is 103 Å². The summed E-state index contributed by atoms with van der Waals surface area (Å²) in [5.41, 5.74) is 0.238. The highest BCUT2D eigenvalue weighted by atomic mass is 32.2. The average molecular weight is 475 g/mol. The van der Waals surface area contributed by atoms with Crippen molar-refractivity contribution in [1.29, 1.82) is 0 Å². The number of methoxy groups -OCH3 is 2. The Balaban J connectivity index is 1.86. The number of benzene rings is 3. The number of carbonyl (C=O) groups excluding carboxylic acids is 1. The third-order valence-electron chi connectivity index (χ3n) is 4.55. The van der Waals surface area contributed by atoms with Gasteiger partial charge in [0.15, 0.2) is 0 Å². The molecule has 33 heavy (non-hydrogen) atoms. The van der Waals surface area contributed by atoms with Crippen molar-refractivity contribution in [3.8, 4) is 17.2 Å². The van der Waals surface area contributed by atoms with E-state index in [4.69, 9.17) is 14.2 Å². The van der Waals surface area contributed by atoms with Gasteiger partial charge in [-0.2, -0.15) is 0 Å².